The van der Waals surface area contributed by atoms with Gasteiger partial charge in [-0.05, 0) is 25.3 Å². The molecule has 1 aliphatic heterocycles. The predicted octanol–water partition coefficient (Wildman–Crippen LogP) is 2.54. The van der Waals surface area contributed by atoms with Crippen molar-refractivity contribution in [1.82, 2.24) is 0 Å². The first-order chi connectivity index (χ1) is 8.50. The summed E-state index contributed by atoms with van der Waals surface area (Å²) < 4.78 is 0. The van der Waals surface area contributed by atoms with Gasteiger partial charge in [0.05, 0.1) is 15.7 Å². The molecule has 6 heteroatoms. The summed E-state index contributed by atoms with van der Waals surface area (Å²) >= 11 is 11.8. The van der Waals surface area contributed by atoms with Crippen molar-refractivity contribution in [3.05, 3.63) is 22.2 Å². The standard InChI is InChI=1S/C12H14Cl2N2O2/c13-7-5-10(11(17)6-8(7)14)16-4-2-1-3-9(16)12(15)18/h5-6,9,17H,1-4H2,(H2,15,18). The van der Waals surface area contributed by atoms with Gasteiger partial charge in [0.15, 0.2) is 0 Å². The molecule has 1 saturated heterocycles. The molecule has 1 atom stereocenters. The van der Waals surface area contributed by atoms with Crippen LogP contribution in [0, 0.1) is 0 Å². The minimum Gasteiger partial charge on any atom is -0.506 e. The van der Waals surface area contributed by atoms with Crippen molar-refractivity contribution in [3.63, 3.8) is 0 Å². The number of halogens is 2. The fourth-order valence-corrected chi connectivity index (χ4v) is 2.59. The number of carbonyl (C=O) groups excluding carboxylic acids is 1. The van der Waals surface area contributed by atoms with Crippen LogP contribution < -0.4 is 10.6 Å². The Morgan fingerprint density at radius 1 is 1.33 bits per heavy atom. The Balaban J connectivity index is 2.39. The number of primary amides is 1. The molecule has 1 unspecified atom stereocenters. The van der Waals surface area contributed by atoms with E-state index in [2.05, 4.69) is 0 Å². The lowest BCUT2D eigenvalue weighted by Crippen LogP contribution is -2.47. The maximum atomic E-state index is 11.4. The van der Waals surface area contributed by atoms with Crippen molar-refractivity contribution in [2.45, 2.75) is 25.3 Å². The van der Waals surface area contributed by atoms with E-state index in [-0.39, 0.29) is 16.7 Å². The van der Waals surface area contributed by atoms with Crippen molar-refractivity contribution >= 4 is 34.8 Å². The second-order valence-corrected chi connectivity index (χ2v) is 5.18. The van der Waals surface area contributed by atoms with Crippen molar-refractivity contribution in [2.24, 2.45) is 5.73 Å². The highest BCUT2D eigenvalue weighted by atomic mass is 35.5. The molecular formula is C12H14Cl2N2O2. The van der Waals surface area contributed by atoms with Crippen LogP contribution in [-0.4, -0.2) is 23.6 Å². The third-order valence-electron chi connectivity index (χ3n) is 3.16. The van der Waals surface area contributed by atoms with Gasteiger partial charge in [-0.25, -0.2) is 0 Å². The van der Waals surface area contributed by atoms with Crippen LogP contribution in [0.15, 0.2) is 12.1 Å². The number of anilines is 1. The summed E-state index contributed by atoms with van der Waals surface area (Å²) in [7, 11) is 0. The largest absolute Gasteiger partial charge is 0.506 e. The zero-order chi connectivity index (χ0) is 13.3. The van der Waals surface area contributed by atoms with Crippen LogP contribution >= 0.6 is 23.2 Å². The van der Waals surface area contributed by atoms with Crippen LogP contribution in [-0.2, 0) is 4.79 Å². The fourth-order valence-electron chi connectivity index (χ4n) is 2.27. The molecule has 0 bridgehead atoms. The summed E-state index contributed by atoms with van der Waals surface area (Å²) in [6.45, 7) is 0.666. The third-order valence-corrected chi connectivity index (χ3v) is 3.88. The monoisotopic (exact) mass is 288 g/mol. The molecule has 2 rings (SSSR count). The molecule has 0 saturated carbocycles. The molecule has 1 amide bonds. The number of hydrogen-bond acceptors (Lipinski definition) is 3. The number of nitrogens with zero attached hydrogens (tertiary/aromatic N) is 1. The number of rotatable bonds is 2. The van der Waals surface area contributed by atoms with Crippen LogP contribution in [0.3, 0.4) is 0 Å². The fraction of sp³-hybridized carbons (Fsp3) is 0.417. The highest BCUT2D eigenvalue weighted by Gasteiger charge is 2.29. The molecule has 18 heavy (non-hydrogen) atoms. The summed E-state index contributed by atoms with van der Waals surface area (Å²) in [5.74, 6) is -0.377. The average Bonchev–Trinajstić information content (AvgIpc) is 2.34. The normalized spacial score (nSPS) is 19.9. The van der Waals surface area contributed by atoms with Crippen LogP contribution in [0.5, 0.6) is 5.75 Å². The molecular weight excluding hydrogens is 275 g/mol. The van der Waals surface area contributed by atoms with E-state index in [9.17, 15) is 9.90 Å². The maximum Gasteiger partial charge on any atom is 0.240 e. The molecule has 1 fully saturated rings. The van der Waals surface area contributed by atoms with E-state index in [1.165, 1.54) is 6.07 Å². The number of nitrogens with two attached hydrogens (primary N) is 1. The molecule has 0 spiro atoms. The van der Waals surface area contributed by atoms with E-state index in [1.807, 2.05) is 0 Å². The Kier molecular flexibility index (Phi) is 3.88. The molecule has 0 aliphatic carbocycles. The van der Waals surface area contributed by atoms with Gasteiger partial charge in [-0.3, -0.25) is 4.79 Å². The van der Waals surface area contributed by atoms with Crippen LogP contribution in [0.25, 0.3) is 0 Å². The average molecular weight is 289 g/mol. The van der Waals surface area contributed by atoms with Crippen molar-refractivity contribution in [1.29, 1.82) is 0 Å². The molecule has 0 radical (unpaired) electrons. The SMILES string of the molecule is NC(=O)C1CCCCN1c1cc(Cl)c(Cl)cc1O. The number of aromatic hydroxyl groups is 1. The van der Waals surface area contributed by atoms with Gasteiger partial charge in [0.2, 0.25) is 5.91 Å². The first kappa shape index (κ1) is 13.3. The molecule has 98 valence electrons. The molecule has 1 aromatic rings. The highest BCUT2D eigenvalue weighted by molar-refractivity contribution is 6.42. The van der Waals surface area contributed by atoms with Crippen molar-refractivity contribution < 1.29 is 9.90 Å². The summed E-state index contributed by atoms with van der Waals surface area (Å²) in [6, 6.07) is 2.55. The highest BCUT2D eigenvalue weighted by Crippen LogP contribution is 2.38. The Morgan fingerprint density at radius 2 is 2.00 bits per heavy atom. The number of carbonyl (C=O) groups is 1. The van der Waals surface area contributed by atoms with E-state index in [0.717, 1.165) is 12.8 Å². The topological polar surface area (TPSA) is 66.6 Å². The zero-order valence-electron chi connectivity index (χ0n) is 9.70. The number of benzene rings is 1. The predicted molar refractivity (Wildman–Crippen MR) is 72.3 cm³/mol. The van der Waals surface area contributed by atoms with Crippen molar-refractivity contribution in [3.8, 4) is 5.75 Å². The van der Waals surface area contributed by atoms with E-state index in [1.54, 1.807) is 11.0 Å². The van der Waals surface area contributed by atoms with Gasteiger partial charge in [0, 0.05) is 12.6 Å². The van der Waals surface area contributed by atoms with E-state index in [4.69, 9.17) is 28.9 Å². The van der Waals surface area contributed by atoms with Gasteiger partial charge in [-0.15, -0.1) is 0 Å². The second kappa shape index (κ2) is 5.24. The minimum absolute atomic E-state index is 0.0116. The number of hydrogen-bond donors (Lipinski definition) is 2. The van der Waals surface area contributed by atoms with Gasteiger partial charge < -0.3 is 15.7 Å². The number of amides is 1. The second-order valence-electron chi connectivity index (χ2n) is 4.36. The zero-order valence-corrected chi connectivity index (χ0v) is 11.2. The molecule has 3 N–H and O–H groups in total. The third kappa shape index (κ3) is 2.49. The Labute approximate surface area is 115 Å². The summed E-state index contributed by atoms with van der Waals surface area (Å²) in [6.07, 6.45) is 2.59. The lowest BCUT2D eigenvalue weighted by atomic mass is 10.0. The smallest absolute Gasteiger partial charge is 0.240 e. The van der Waals surface area contributed by atoms with Gasteiger partial charge in [0.1, 0.15) is 11.8 Å². The van der Waals surface area contributed by atoms with E-state index in [0.29, 0.717) is 23.7 Å². The lowest BCUT2D eigenvalue weighted by molar-refractivity contribution is -0.119. The van der Waals surface area contributed by atoms with E-state index >= 15 is 0 Å². The summed E-state index contributed by atoms with van der Waals surface area (Å²) in [4.78, 5) is 13.2. The summed E-state index contributed by atoms with van der Waals surface area (Å²) in [5.41, 5.74) is 5.90. The first-order valence-electron chi connectivity index (χ1n) is 5.74. The Hall–Kier alpha value is -1.13. The van der Waals surface area contributed by atoms with Gasteiger partial charge >= 0.3 is 0 Å². The maximum absolute atomic E-state index is 11.4. The molecule has 0 aromatic heterocycles. The minimum atomic E-state index is -0.401. The lowest BCUT2D eigenvalue weighted by Gasteiger charge is -2.36. The van der Waals surface area contributed by atoms with Crippen molar-refractivity contribution in [2.75, 3.05) is 11.4 Å². The van der Waals surface area contributed by atoms with Gasteiger partial charge in [-0.1, -0.05) is 23.2 Å². The number of phenols is 1. The van der Waals surface area contributed by atoms with Gasteiger partial charge in [0.25, 0.3) is 0 Å². The van der Waals surface area contributed by atoms with Crippen LogP contribution in [0.1, 0.15) is 19.3 Å². The quantitative estimate of drug-likeness (QED) is 0.879. The van der Waals surface area contributed by atoms with E-state index < -0.39 is 6.04 Å². The molecule has 1 aromatic carbocycles. The van der Waals surface area contributed by atoms with Crippen LogP contribution in [0.2, 0.25) is 10.0 Å². The molecule has 1 heterocycles. The number of piperidine rings is 1. The Morgan fingerprint density at radius 3 is 2.67 bits per heavy atom. The van der Waals surface area contributed by atoms with Crippen LogP contribution in [0.4, 0.5) is 5.69 Å². The molecule has 1 aliphatic rings. The Bertz CT molecular complexity index is 479. The van der Waals surface area contributed by atoms with Gasteiger partial charge in [-0.2, -0.15) is 0 Å². The summed E-state index contributed by atoms with van der Waals surface area (Å²) in [5, 5.41) is 10.6. The number of phenolic OH excluding ortho intramolecular Hbond substituents is 1. The first-order valence-corrected chi connectivity index (χ1v) is 6.50. The molecule has 4 nitrogen and oxygen atoms in total.